The van der Waals surface area contributed by atoms with Crippen molar-refractivity contribution < 1.29 is 23.4 Å². The predicted molar refractivity (Wildman–Crippen MR) is 189 cm³/mol. The van der Waals surface area contributed by atoms with Crippen LogP contribution in [0.15, 0.2) is 60.7 Å². The van der Waals surface area contributed by atoms with Crippen molar-refractivity contribution in [2.75, 3.05) is 13.2 Å². The zero-order valence-electron chi connectivity index (χ0n) is 30.1. The van der Waals surface area contributed by atoms with Gasteiger partial charge in [-0.05, 0) is 96.9 Å². The second kappa shape index (κ2) is 12.7. The van der Waals surface area contributed by atoms with E-state index in [0.29, 0.717) is 50.1 Å². The minimum Gasteiger partial charge on any atom is -0.414 e. The Morgan fingerprint density at radius 1 is 0.723 bits per heavy atom. The first-order chi connectivity index (χ1) is 22.4. The monoisotopic (exact) mass is 660 g/mol. The predicted octanol–water partition coefficient (Wildman–Crippen LogP) is 9.55. The fraction of sp³-hybridized carbons (Fsp3) is 0.707. The summed E-state index contributed by atoms with van der Waals surface area (Å²) in [6, 6.07) is 21.5. The van der Waals surface area contributed by atoms with Crippen LogP contribution in [0, 0.1) is 34.5 Å². The average molecular weight is 661 g/mol. The third-order valence-corrected chi connectivity index (χ3v) is 18.8. The molecule has 9 atom stereocenters. The number of hydrogen-bond acceptors (Lipinski definition) is 5. The SMILES string of the molecule is CC(C)(C)[Si](C)(C)O[C@H]1CC[C@]2(C)C3CC[C@@]4(C)C(CCC45OCCO5)C3C(OCc3ccccc3)[C@H](OCc3ccccc3)C2C1. The number of rotatable bonds is 8. The van der Waals surface area contributed by atoms with E-state index < -0.39 is 14.1 Å². The smallest absolute Gasteiger partial charge is 0.192 e. The first-order valence-electron chi connectivity index (χ1n) is 18.6. The summed E-state index contributed by atoms with van der Waals surface area (Å²) in [7, 11) is -1.92. The Bertz CT molecular complexity index is 1350. The first-order valence-corrected chi connectivity index (χ1v) is 21.5. The van der Waals surface area contributed by atoms with E-state index in [1.54, 1.807) is 0 Å². The van der Waals surface area contributed by atoms with Gasteiger partial charge < -0.3 is 23.4 Å². The standard InChI is InChI=1S/C41H60O5Si/c1-38(2,3)47(6,7)46-31-18-21-39(4)32-19-22-40(5)33(20-23-41(40)44-24-25-45-41)35(32)37(43-28-30-16-12-9-13-17-30)36(34(39)26-31)42-27-29-14-10-8-11-15-29/h8-17,31-37H,18-28H2,1-7H3/t31-,32?,33?,34?,35?,36+,37?,39+,40-/m0/s1. The van der Waals surface area contributed by atoms with Crippen molar-refractivity contribution in [3.8, 4) is 0 Å². The summed E-state index contributed by atoms with van der Waals surface area (Å²) in [4.78, 5) is 0. The molecule has 4 saturated carbocycles. The summed E-state index contributed by atoms with van der Waals surface area (Å²) in [6.45, 7) is 19.7. The van der Waals surface area contributed by atoms with Crippen LogP contribution in [0.2, 0.25) is 18.1 Å². The van der Waals surface area contributed by atoms with Gasteiger partial charge in [-0.3, -0.25) is 0 Å². The van der Waals surface area contributed by atoms with Crippen LogP contribution in [-0.2, 0) is 36.6 Å². The van der Waals surface area contributed by atoms with Crippen molar-refractivity contribution in [1.29, 1.82) is 0 Å². The molecule has 5 fully saturated rings. The zero-order valence-corrected chi connectivity index (χ0v) is 31.1. The van der Waals surface area contributed by atoms with Gasteiger partial charge in [0.15, 0.2) is 14.1 Å². The Labute approximate surface area is 285 Å². The van der Waals surface area contributed by atoms with Crippen molar-refractivity contribution in [2.45, 2.75) is 135 Å². The number of ether oxygens (including phenoxy) is 4. The Morgan fingerprint density at radius 2 is 1.30 bits per heavy atom. The molecular formula is C41H60O5Si. The normalized spacial score (nSPS) is 38.1. The average Bonchev–Trinajstić information content (AvgIpc) is 3.65. The van der Waals surface area contributed by atoms with Crippen molar-refractivity contribution >= 4 is 8.32 Å². The molecule has 2 aromatic carbocycles. The van der Waals surface area contributed by atoms with Gasteiger partial charge in [0.1, 0.15) is 0 Å². The van der Waals surface area contributed by atoms with E-state index >= 15 is 0 Å². The highest BCUT2D eigenvalue weighted by atomic mass is 28.4. The molecule has 258 valence electrons. The summed E-state index contributed by atoms with van der Waals surface area (Å²) in [6.07, 6.45) is 8.11. The maximum Gasteiger partial charge on any atom is 0.192 e. The van der Waals surface area contributed by atoms with Crippen LogP contribution >= 0.6 is 0 Å². The molecule has 0 bridgehead atoms. The molecule has 6 heteroatoms. The molecule has 47 heavy (non-hydrogen) atoms. The molecule has 1 aliphatic heterocycles. The Morgan fingerprint density at radius 3 is 1.89 bits per heavy atom. The molecule has 5 nitrogen and oxygen atoms in total. The Balaban J connectivity index is 1.27. The molecule has 0 radical (unpaired) electrons. The highest BCUT2D eigenvalue weighted by molar-refractivity contribution is 6.74. The molecule has 4 aliphatic carbocycles. The number of benzene rings is 2. The summed E-state index contributed by atoms with van der Waals surface area (Å²) >= 11 is 0. The van der Waals surface area contributed by atoms with Gasteiger partial charge in [0.05, 0.1) is 38.6 Å². The van der Waals surface area contributed by atoms with Crippen LogP contribution in [-0.4, -0.2) is 45.6 Å². The first kappa shape index (κ1) is 33.9. The maximum atomic E-state index is 7.29. The second-order valence-electron chi connectivity index (χ2n) is 17.6. The van der Waals surface area contributed by atoms with E-state index in [4.69, 9.17) is 23.4 Å². The van der Waals surface area contributed by atoms with Crippen LogP contribution in [0.1, 0.15) is 90.7 Å². The quantitative estimate of drug-likeness (QED) is 0.264. The summed E-state index contributed by atoms with van der Waals surface area (Å²) in [5, 5.41) is 0.187. The van der Waals surface area contributed by atoms with Crippen molar-refractivity contribution in [2.24, 2.45) is 34.5 Å². The van der Waals surface area contributed by atoms with Gasteiger partial charge in [0.2, 0.25) is 0 Å². The molecule has 1 heterocycles. The van der Waals surface area contributed by atoms with Crippen LogP contribution < -0.4 is 0 Å². The number of fused-ring (bicyclic) bond motifs is 6. The van der Waals surface area contributed by atoms with Crippen LogP contribution in [0.3, 0.4) is 0 Å². The molecule has 5 aliphatic rings. The topological polar surface area (TPSA) is 46.2 Å². The number of hydrogen-bond donors (Lipinski definition) is 0. The second-order valence-corrected chi connectivity index (χ2v) is 22.4. The van der Waals surface area contributed by atoms with Gasteiger partial charge in [0.25, 0.3) is 0 Å². The largest absolute Gasteiger partial charge is 0.414 e. The molecular weight excluding hydrogens is 601 g/mol. The van der Waals surface area contributed by atoms with Crippen LogP contribution in [0.4, 0.5) is 0 Å². The van der Waals surface area contributed by atoms with E-state index in [0.717, 1.165) is 32.1 Å². The van der Waals surface area contributed by atoms with Gasteiger partial charge >= 0.3 is 0 Å². The van der Waals surface area contributed by atoms with Crippen molar-refractivity contribution in [3.63, 3.8) is 0 Å². The fourth-order valence-electron chi connectivity index (χ4n) is 10.7. The summed E-state index contributed by atoms with van der Waals surface area (Å²) in [5.41, 5.74) is 2.60. The lowest BCUT2D eigenvalue weighted by Gasteiger charge is -2.65. The molecule has 7 rings (SSSR count). The molecule has 1 spiro atoms. The van der Waals surface area contributed by atoms with E-state index in [1.807, 2.05) is 0 Å². The molecule has 0 amide bonds. The van der Waals surface area contributed by atoms with Crippen LogP contribution in [0.25, 0.3) is 0 Å². The minimum absolute atomic E-state index is 0.00482. The summed E-state index contributed by atoms with van der Waals surface area (Å²) in [5.74, 6) is 1.37. The van der Waals surface area contributed by atoms with Gasteiger partial charge in [0, 0.05) is 17.9 Å². The molecule has 1 saturated heterocycles. The van der Waals surface area contributed by atoms with E-state index in [2.05, 4.69) is 108 Å². The molecule has 2 aromatic rings. The maximum absolute atomic E-state index is 7.29. The lowest BCUT2D eigenvalue weighted by atomic mass is 9.43. The molecule has 0 aromatic heterocycles. The van der Waals surface area contributed by atoms with Crippen molar-refractivity contribution in [3.05, 3.63) is 71.8 Å². The zero-order chi connectivity index (χ0) is 33.1. The Kier molecular flexibility index (Phi) is 9.13. The van der Waals surface area contributed by atoms with Gasteiger partial charge in [-0.2, -0.15) is 0 Å². The van der Waals surface area contributed by atoms with Crippen LogP contribution in [0.5, 0.6) is 0 Å². The minimum atomic E-state index is -1.92. The van der Waals surface area contributed by atoms with Gasteiger partial charge in [-0.25, -0.2) is 0 Å². The third-order valence-electron chi connectivity index (χ3n) is 14.3. The van der Waals surface area contributed by atoms with Gasteiger partial charge in [-0.15, -0.1) is 0 Å². The van der Waals surface area contributed by atoms with E-state index in [-0.39, 0.29) is 34.2 Å². The lowest BCUT2D eigenvalue weighted by molar-refractivity contribution is -0.281. The highest BCUT2D eigenvalue weighted by Crippen LogP contribution is 2.70. The van der Waals surface area contributed by atoms with Gasteiger partial charge in [-0.1, -0.05) is 95.3 Å². The molecule has 0 N–H and O–H groups in total. The third kappa shape index (κ3) is 5.91. The summed E-state index contributed by atoms with van der Waals surface area (Å²) < 4.78 is 34.9. The van der Waals surface area contributed by atoms with E-state index in [9.17, 15) is 0 Å². The highest BCUT2D eigenvalue weighted by Gasteiger charge is 2.70. The van der Waals surface area contributed by atoms with E-state index in [1.165, 1.54) is 24.0 Å². The molecule has 5 unspecified atom stereocenters. The van der Waals surface area contributed by atoms with Crippen molar-refractivity contribution in [1.82, 2.24) is 0 Å². The lowest BCUT2D eigenvalue weighted by Crippen LogP contribution is -2.66. The Hall–Kier alpha value is -1.54. The fourth-order valence-corrected chi connectivity index (χ4v) is 12.1.